The largest absolute Gasteiger partial charge is 1.00 e. The molecule has 5 heteroatoms. The molecule has 8 heavy (non-hydrogen) atoms. The molecule has 0 saturated carbocycles. The van der Waals surface area contributed by atoms with Gasteiger partial charge in [0.05, 0.1) is 0 Å². The molecule has 3 nitrogen and oxygen atoms in total. The molecule has 0 aromatic heterocycles. The summed E-state index contributed by atoms with van der Waals surface area (Å²) in [5.41, 5.74) is 0. The van der Waals surface area contributed by atoms with Gasteiger partial charge in [-0.3, -0.25) is 4.52 Å². The second-order valence-corrected chi connectivity index (χ2v) is 1.46. The monoisotopic (exact) mass is 143 g/mol. The van der Waals surface area contributed by atoms with Crippen molar-refractivity contribution in [2.75, 3.05) is 0 Å². The molecule has 1 atom stereocenters. The molecule has 0 bridgehead atoms. The van der Waals surface area contributed by atoms with E-state index < -0.39 is 8.25 Å². The van der Waals surface area contributed by atoms with Gasteiger partial charge in [0.15, 0.2) is 0 Å². The van der Waals surface area contributed by atoms with Crippen LogP contribution in [0.5, 0.6) is 0 Å². The van der Waals surface area contributed by atoms with Gasteiger partial charge in [0.25, 0.3) is 0 Å². The third-order valence-electron chi connectivity index (χ3n) is 0.283. The van der Waals surface area contributed by atoms with Gasteiger partial charge >= 0.3 is 37.8 Å². The van der Waals surface area contributed by atoms with Crippen LogP contribution in [0.4, 0.5) is 0 Å². The molecule has 0 heterocycles. The van der Waals surface area contributed by atoms with E-state index in [2.05, 4.69) is 4.52 Å². The zero-order valence-electron chi connectivity index (χ0n) is 4.83. The fraction of sp³-hybridized carbons (Fsp3) is 0.333. The van der Waals surface area contributed by atoms with E-state index in [0.29, 0.717) is 0 Å². The zero-order valence-corrected chi connectivity index (χ0v) is 7.72. The summed E-state index contributed by atoms with van der Waals surface area (Å²) in [5.74, 6) is 0. The predicted octanol–water partition coefficient (Wildman–Crippen LogP) is -2.44. The van der Waals surface area contributed by atoms with Gasteiger partial charge in [-0.1, -0.05) is 0 Å². The van der Waals surface area contributed by atoms with E-state index in [1.807, 2.05) is 0 Å². The molecule has 0 aromatic carbocycles. The molecule has 0 spiro atoms. The van der Waals surface area contributed by atoms with Crippen molar-refractivity contribution in [2.45, 2.75) is 6.92 Å². The number of hydrogen-bond acceptors (Lipinski definition) is 3. The number of rotatable bonds is 2. The van der Waals surface area contributed by atoms with Gasteiger partial charge in [-0.25, -0.2) is 0 Å². The van der Waals surface area contributed by atoms with Crippen molar-refractivity contribution in [3.8, 4) is 0 Å². The summed E-state index contributed by atoms with van der Waals surface area (Å²) >= 11 is 0. The van der Waals surface area contributed by atoms with E-state index in [1.54, 1.807) is 6.92 Å². The third kappa shape index (κ3) is 9.78. The van der Waals surface area contributed by atoms with Crippen LogP contribution in [-0.4, -0.2) is 0 Å². The number of allylic oxidation sites excluding steroid dienone is 1. The maximum Gasteiger partial charge on any atom is 1.00 e. The molecule has 0 amide bonds. The summed E-state index contributed by atoms with van der Waals surface area (Å²) in [6.07, 6.45) is 2.59. The minimum Gasteiger partial charge on any atom is -0.558 e. The minimum absolute atomic E-state index is 0. The molecule has 0 fully saturated rings. The van der Waals surface area contributed by atoms with Crippen LogP contribution in [0.2, 0.25) is 0 Å². The molecule has 0 saturated heterocycles. The fourth-order valence-electron chi connectivity index (χ4n) is 0.111. The molecule has 1 unspecified atom stereocenters. The van der Waals surface area contributed by atoms with Crippen LogP contribution in [0.15, 0.2) is 12.3 Å². The van der Waals surface area contributed by atoms with Gasteiger partial charge in [-0.2, -0.15) is 0 Å². The Balaban J connectivity index is 0. The summed E-state index contributed by atoms with van der Waals surface area (Å²) in [7, 11) is -2.69. The van der Waals surface area contributed by atoms with Crippen molar-refractivity contribution in [3.05, 3.63) is 12.3 Å². The fourth-order valence-corrected chi connectivity index (χ4v) is 0.332. The van der Waals surface area contributed by atoms with Crippen LogP contribution in [0, 0.1) is 0 Å². The van der Waals surface area contributed by atoms with Crippen LogP contribution in [0.25, 0.3) is 0 Å². The van der Waals surface area contributed by atoms with Crippen LogP contribution in [0.1, 0.15) is 6.92 Å². The van der Waals surface area contributed by atoms with E-state index in [0.717, 1.165) is 6.26 Å². The summed E-state index contributed by atoms with van der Waals surface area (Å²) in [4.78, 5) is 9.52. The minimum atomic E-state index is -2.69. The van der Waals surface area contributed by atoms with Gasteiger partial charge < -0.3 is 4.89 Å². The Labute approximate surface area is 71.0 Å². The molecular weight excluding hydrogens is 138 g/mol. The molecule has 0 aliphatic carbocycles. The molecule has 40 valence electrons. The maximum atomic E-state index is 9.52. The maximum absolute atomic E-state index is 9.52. The molecule has 0 rings (SSSR count). The molecule has 0 N–H and O–H groups in total. The second kappa shape index (κ2) is 7.60. The van der Waals surface area contributed by atoms with Gasteiger partial charge in [0.2, 0.25) is 0 Å². The Bertz CT molecular complexity index is 92.5. The van der Waals surface area contributed by atoms with E-state index in [-0.39, 0.29) is 29.6 Å². The van der Waals surface area contributed by atoms with Crippen molar-refractivity contribution in [2.24, 2.45) is 0 Å². The van der Waals surface area contributed by atoms with Gasteiger partial charge in [-0.15, -0.1) is 0 Å². The first-order chi connectivity index (χ1) is 3.27. The summed E-state index contributed by atoms with van der Waals surface area (Å²) < 4.78 is 13.5. The first-order valence-corrected chi connectivity index (χ1v) is 2.79. The summed E-state index contributed by atoms with van der Waals surface area (Å²) in [6.45, 7) is 1.67. The standard InChI is InChI=1S/C3H5O3P.Na/c1-2-3-6-7(4)5;/h2-3H,1H3;/q;+1. The van der Waals surface area contributed by atoms with Crippen molar-refractivity contribution in [1.82, 2.24) is 0 Å². The van der Waals surface area contributed by atoms with Gasteiger partial charge in [-0.05, 0) is 17.6 Å². The van der Waals surface area contributed by atoms with Crippen LogP contribution in [0.3, 0.4) is 0 Å². The van der Waals surface area contributed by atoms with Gasteiger partial charge in [0.1, 0.15) is 6.26 Å². The smallest absolute Gasteiger partial charge is 0.558 e. The summed E-state index contributed by atoms with van der Waals surface area (Å²) in [5, 5.41) is 0. The van der Waals surface area contributed by atoms with E-state index in [1.165, 1.54) is 6.08 Å². The molecular formula is C3H5NaO3P+. The topological polar surface area (TPSA) is 49.4 Å². The van der Waals surface area contributed by atoms with Crippen molar-refractivity contribution in [1.29, 1.82) is 0 Å². The van der Waals surface area contributed by atoms with Crippen molar-refractivity contribution >= 4 is 8.25 Å². The number of hydrogen-bond donors (Lipinski definition) is 0. The average molecular weight is 143 g/mol. The van der Waals surface area contributed by atoms with Crippen LogP contribution in [-0.2, 0) is 9.09 Å². The molecule has 0 aliphatic rings. The molecule has 0 aromatic rings. The normalized spacial score (nSPS) is 10.5. The first kappa shape index (κ1) is 11.4. The Hall–Kier alpha value is 0.600. The van der Waals surface area contributed by atoms with Crippen molar-refractivity contribution < 1.29 is 43.5 Å². The average Bonchev–Trinajstić information content (AvgIpc) is 1.61. The molecule has 0 aliphatic heterocycles. The quantitative estimate of drug-likeness (QED) is 0.245. The first-order valence-electron chi connectivity index (χ1n) is 1.69. The second-order valence-electron chi connectivity index (χ2n) is 0.798. The Kier molecular flexibility index (Phi) is 10.8. The Morgan fingerprint density at radius 1 is 1.75 bits per heavy atom. The van der Waals surface area contributed by atoms with E-state index >= 15 is 0 Å². The zero-order chi connectivity index (χ0) is 5.70. The SMILES string of the molecule is CC=CO[P+](=O)[O-].[Na+]. The Morgan fingerprint density at radius 3 is 2.38 bits per heavy atom. The van der Waals surface area contributed by atoms with E-state index in [4.69, 9.17) is 0 Å². The van der Waals surface area contributed by atoms with Gasteiger partial charge in [0, 0.05) is 0 Å². The summed E-state index contributed by atoms with van der Waals surface area (Å²) in [6, 6.07) is 0. The van der Waals surface area contributed by atoms with E-state index in [9.17, 15) is 9.46 Å². The predicted molar refractivity (Wildman–Crippen MR) is 23.5 cm³/mol. The molecule has 0 radical (unpaired) electrons. The van der Waals surface area contributed by atoms with Crippen LogP contribution < -0.4 is 34.5 Å². The third-order valence-corrected chi connectivity index (χ3v) is 0.577. The Morgan fingerprint density at radius 2 is 2.25 bits per heavy atom. The van der Waals surface area contributed by atoms with Crippen molar-refractivity contribution in [3.63, 3.8) is 0 Å². The van der Waals surface area contributed by atoms with Crippen LogP contribution >= 0.6 is 8.25 Å².